The minimum Gasteiger partial charge on any atom is -0.490 e. The number of aryl methyl sites for hydroxylation is 1. The highest BCUT2D eigenvalue weighted by Gasteiger charge is 2.36. The van der Waals surface area contributed by atoms with Crippen molar-refractivity contribution in [2.75, 3.05) is 19.0 Å². The number of nitrogens with zero attached hydrogens (tertiary/aromatic N) is 3. The van der Waals surface area contributed by atoms with E-state index in [-0.39, 0.29) is 0 Å². The van der Waals surface area contributed by atoms with Crippen LogP contribution in [0.5, 0.6) is 11.5 Å². The monoisotopic (exact) mass is 668 g/mol. The Morgan fingerprint density at radius 1 is 1.12 bits per heavy atom. The number of nitrogens with one attached hydrogen (secondary N) is 1. The summed E-state index contributed by atoms with van der Waals surface area (Å²) in [5, 5.41) is 9.26. The van der Waals surface area contributed by atoms with Gasteiger partial charge in [-0.25, -0.2) is 9.48 Å². The van der Waals surface area contributed by atoms with Crippen molar-refractivity contribution in [2.45, 2.75) is 44.3 Å². The predicted molar refractivity (Wildman–Crippen MR) is 168 cm³/mol. The van der Waals surface area contributed by atoms with Crippen LogP contribution in [0, 0.1) is 6.92 Å². The Hall–Kier alpha value is -3.47. The zero-order valence-corrected chi connectivity index (χ0v) is 26.8. The molecule has 0 radical (unpaired) electrons. The van der Waals surface area contributed by atoms with Crippen molar-refractivity contribution in [1.29, 1.82) is 0 Å². The number of esters is 1. The molecule has 4 aromatic rings. The Bertz CT molecular complexity index is 1660. The molecule has 1 aliphatic heterocycles. The van der Waals surface area contributed by atoms with Gasteiger partial charge in [0.15, 0.2) is 11.5 Å². The number of carbonyl (C=O) groups is 1. The first kappa shape index (κ1) is 30.0. The average molecular weight is 670 g/mol. The molecule has 11 heteroatoms. The number of allylic oxidation sites excluding steroid dienone is 1. The van der Waals surface area contributed by atoms with Gasteiger partial charge < -0.3 is 19.5 Å². The average Bonchev–Trinajstić information content (AvgIpc) is 3.37. The molecule has 0 amide bonds. The van der Waals surface area contributed by atoms with E-state index in [1.165, 1.54) is 18.9 Å². The van der Waals surface area contributed by atoms with Gasteiger partial charge in [0, 0.05) is 16.5 Å². The molecule has 1 aliphatic rings. The number of thioether (sulfide) groups is 1. The Morgan fingerprint density at radius 2 is 1.93 bits per heavy atom. The van der Waals surface area contributed by atoms with Gasteiger partial charge in [-0.05, 0) is 71.6 Å². The van der Waals surface area contributed by atoms with Crippen molar-refractivity contribution < 1.29 is 19.0 Å². The maximum atomic E-state index is 13.1. The van der Waals surface area contributed by atoms with Gasteiger partial charge in [0.25, 0.3) is 0 Å². The topological polar surface area (TPSA) is 87.5 Å². The molecule has 1 N–H and O–H groups in total. The Kier molecular flexibility index (Phi) is 9.45. The van der Waals surface area contributed by atoms with Crippen molar-refractivity contribution in [3.05, 3.63) is 104 Å². The number of benzene rings is 3. The predicted octanol–water partition coefficient (Wildman–Crippen LogP) is 7.73. The fourth-order valence-electron chi connectivity index (χ4n) is 4.74. The third kappa shape index (κ3) is 6.45. The van der Waals surface area contributed by atoms with Gasteiger partial charge in [-0.15, -0.1) is 5.10 Å². The lowest BCUT2D eigenvalue weighted by Gasteiger charge is -2.28. The van der Waals surface area contributed by atoms with E-state index in [1.54, 1.807) is 4.68 Å². The van der Waals surface area contributed by atoms with Crippen LogP contribution in [0.3, 0.4) is 0 Å². The summed E-state index contributed by atoms with van der Waals surface area (Å²) in [6, 6.07) is 19.0. The molecule has 2 heterocycles. The number of methoxy groups -OCH3 is 1. The van der Waals surface area contributed by atoms with Crippen LogP contribution in [-0.4, -0.2) is 34.5 Å². The van der Waals surface area contributed by atoms with E-state index in [9.17, 15) is 4.79 Å². The van der Waals surface area contributed by atoms with Crippen molar-refractivity contribution >= 4 is 51.2 Å². The van der Waals surface area contributed by atoms with Gasteiger partial charge in [0.1, 0.15) is 12.6 Å². The molecular formula is C31H30BrClN4O4S. The molecular weight excluding hydrogens is 640 g/mol. The molecule has 8 nitrogen and oxygen atoms in total. The van der Waals surface area contributed by atoms with Crippen molar-refractivity contribution in [2.24, 2.45) is 0 Å². The zero-order chi connectivity index (χ0) is 29.8. The standard InChI is InChI=1S/C31H30BrClN4O4S/c1-5-40-25-15-22(14-23(32)28(25)41-16-20-10-8-9-18(2)13-20)27-26(29(38)39-4)19(3)34-30-35-31(36-37(27)30)42-17-21-11-6-7-12-24(21)33/h6-15,27H,5,16-17H2,1-4H3,(H,34,35,36). The van der Waals surface area contributed by atoms with E-state index in [2.05, 4.69) is 27.3 Å². The second-order valence-corrected chi connectivity index (χ2v) is 11.8. The lowest BCUT2D eigenvalue weighted by Crippen LogP contribution is -2.29. The van der Waals surface area contributed by atoms with E-state index >= 15 is 0 Å². The molecule has 0 fully saturated rings. The van der Waals surface area contributed by atoms with Crippen molar-refractivity contribution in [3.63, 3.8) is 0 Å². The highest BCUT2D eigenvalue weighted by molar-refractivity contribution is 9.10. The summed E-state index contributed by atoms with van der Waals surface area (Å²) in [6.07, 6.45) is 0. The lowest BCUT2D eigenvalue weighted by atomic mass is 9.95. The van der Waals surface area contributed by atoms with Crippen LogP contribution in [0.1, 0.15) is 42.1 Å². The summed E-state index contributed by atoms with van der Waals surface area (Å²) in [4.78, 5) is 17.8. The van der Waals surface area contributed by atoms with Gasteiger partial charge in [-0.1, -0.05) is 71.4 Å². The molecule has 218 valence electrons. The molecule has 0 saturated carbocycles. The quantitative estimate of drug-likeness (QED) is 0.136. The van der Waals surface area contributed by atoms with Crippen LogP contribution in [0.4, 0.5) is 5.95 Å². The number of hydrogen-bond donors (Lipinski definition) is 1. The molecule has 1 atom stereocenters. The van der Waals surface area contributed by atoms with Gasteiger partial charge >= 0.3 is 5.97 Å². The number of carbonyl (C=O) groups excluding carboxylic acids is 1. The first-order valence-electron chi connectivity index (χ1n) is 13.3. The zero-order valence-electron chi connectivity index (χ0n) is 23.6. The second kappa shape index (κ2) is 13.2. The molecule has 42 heavy (non-hydrogen) atoms. The second-order valence-electron chi connectivity index (χ2n) is 9.64. The van der Waals surface area contributed by atoms with Gasteiger partial charge in [0.2, 0.25) is 11.1 Å². The normalized spacial score (nSPS) is 14.3. The molecule has 5 rings (SSSR count). The minimum absolute atomic E-state index is 0.374. The fourth-order valence-corrected chi connectivity index (χ4v) is 6.43. The molecule has 0 spiro atoms. The largest absolute Gasteiger partial charge is 0.490 e. The number of fused-ring (bicyclic) bond motifs is 1. The molecule has 1 unspecified atom stereocenters. The van der Waals surface area contributed by atoms with E-state index in [1.807, 2.05) is 75.4 Å². The number of rotatable bonds is 10. The molecule has 0 aliphatic carbocycles. The van der Waals surface area contributed by atoms with Crippen LogP contribution >= 0.6 is 39.3 Å². The van der Waals surface area contributed by atoms with Gasteiger partial charge in [-0.3, -0.25) is 0 Å². The number of halogens is 2. The lowest BCUT2D eigenvalue weighted by molar-refractivity contribution is -0.136. The highest BCUT2D eigenvalue weighted by Crippen LogP contribution is 2.44. The fraction of sp³-hybridized carbons (Fsp3) is 0.258. The molecule has 0 saturated heterocycles. The summed E-state index contributed by atoms with van der Waals surface area (Å²) in [5.74, 6) is 1.76. The maximum absolute atomic E-state index is 13.1. The van der Waals surface area contributed by atoms with Crippen molar-refractivity contribution in [1.82, 2.24) is 14.8 Å². The Labute approximate surface area is 262 Å². The van der Waals surface area contributed by atoms with Crippen LogP contribution in [-0.2, 0) is 21.9 Å². The van der Waals surface area contributed by atoms with Crippen LogP contribution < -0.4 is 14.8 Å². The van der Waals surface area contributed by atoms with E-state index in [0.717, 1.165) is 22.3 Å². The van der Waals surface area contributed by atoms with E-state index in [0.29, 0.717) is 62.3 Å². The van der Waals surface area contributed by atoms with Gasteiger partial charge in [0.05, 0.1) is 23.8 Å². The molecule has 3 aromatic carbocycles. The number of anilines is 1. The van der Waals surface area contributed by atoms with Crippen LogP contribution in [0.25, 0.3) is 0 Å². The van der Waals surface area contributed by atoms with Crippen molar-refractivity contribution in [3.8, 4) is 11.5 Å². The SMILES string of the molecule is CCOc1cc(C2C(C(=O)OC)=C(C)Nc3nc(SCc4ccccc4Cl)nn32)cc(Br)c1OCc1cccc(C)c1. The summed E-state index contributed by atoms with van der Waals surface area (Å²) in [7, 11) is 1.37. The summed E-state index contributed by atoms with van der Waals surface area (Å²) >= 11 is 11.5. The number of ether oxygens (including phenoxy) is 3. The summed E-state index contributed by atoms with van der Waals surface area (Å²) in [5.41, 5.74) is 4.99. The van der Waals surface area contributed by atoms with Gasteiger partial charge in [-0.2, -0.15) is 4.98 Å². The van der Waals surface area contributed by atoms with Crippen LogP contribution in [0.15, 0.2) is 81.6 Å². The molecule has 1 aromatic heterocycles. The summed E-state index contributed by atoms with van der Waals surface area (Å²) < 4.78 is 19.9. The molecule has 0 bridgehead atoms. The minimum atomic E-state index is -0.628. The summed E-state index contributed by atoms with van der Waals surface area (Å²) in [6.45, 7) is 6.59. The Balaban J connectivity index is 1.52. The number of hydrogen-bond acceptors (Lipinski definition) is 8. The van der Waals surface area contributed by atoms with Crippen LogP contribution in [0.2, 0.25) is 5.02 Å². The smallest absolute Gasteiger partial charge is 0.338 e. The highest BCUT2D eigenvalue weighted by atomic mass is 79.9. The first-order valence-corrected chi connectivity index (χ1v) is 15.5. The van der Waals surface area contributed by atoms with E-state index in [4.69, 9.17) is 35.9 Å². The first-order chi connectivity index (χ1) is 20.3. The number of aromatic nitrogens is 3. The third-order valence-corrected chi connectivity index (χ3v) is 8.51. The third-order valence-electron chi connectivity index (χ3n) is 6.67. The maximum Gasteiger partial charge on any atom is 0.338 e. The van der Waals surface area contributed by atoms with E-state index < -0.39 is 12.0 Å². The Morgan fingerprint density at radius 3 is 2.67 bits per heavy atom.